The third-order valence-electron chi connectivity index (χ3n) is 3.87. The first kappa shape index (κ1) is 16.0. The second-order valence-electron chi connectivity index (χ2n) is 5.30. The zero-order chi connectivity index (χ0) is 17.1. The van der Waals surface area contributed by atoms with Crippen LogP contribution in [0.5, 0.6) is 0 Å². The highest BCUT2D eigenvalue weighted by atomic mass is 16.5. The summed E-state index contributed by atoms with van der Waals surface area (Å²) in [5, 5.41) is 4.10. The zero-order valence-corrected chi connectivity index (χ0v) is 13.3. The quantitative estimate of drug-likeness (QED) is 0.832. The van der Waals surface area contributed by atoms with Crippen LogP contribution in [0.3, 0.4) is 0 Å². The van der Waals surface area contributed by atoms with Crippen LogP contribution >= 0.6 is 0 Å². The average Bonchev–Trinajstić information content (AvgIpc) is 3.03. The first-order valence-corrected chi connectivity index (χ1v) is 7.51. The number of benzene rings is 1. The molecule has 0 bridgehead atoms. The molecule has 0 saturated carbocycles. The lowest BCUT2D eigenvalue weighted by Gasteiger charge is -2.26. The first-order valence-electron chi connectivity index (χ1n) is 7.51. The molecule has 1 aromatic heterocycles. The average molecular weight is 330 g/mol. The second-order valence-corrected chi connectivity index (χ2v) is 5.30. The molecule has 126 valence electrons. The number of methoxy groups -OCH3 is 1. The van der Waals surface area contributed by atoms with E-state index in [4.69, 9.17) is 10.5 Å². The van der Waals surface area contributed by atoms with Crippen LogP contribution in [0.4, 0.5) is 5.82 Å². The number of nitrogen functional groups attached to an aromatic ring is 1. The summed E-state index contributed by atoms with van der Waals surface area (Å²) in [6, 6.07) is 6.90. The number of morpholine rings is 1. The number of esters is 1. The van der Waals surface area contributed by atoms with Crippen LogP contribution in [-0.4, -0.2) is 60.0 Å². The highest BCUT2D eigenvalue weighted by molar-refractivity contribution is 5.95. The number of rotatable bonds is 3. The Morgan fingerprint density at radius 1 is 1.21 bits per heavy atom. The normalized spacial score (nSPS) is 14.5. The Balaban J connectivity index is 1.81. The summed E-state index contributed by atoms with van der Waals surface area (Å²) in [5.41, 5.74) is 7.37. The van der Waals surface area contributed by atoms with Crippen molar-refractivity contribution in [2.45, 2.75) is 0 Å². The standard InChI is InChI=1S/C16H18N4O4/c1-23-16(22)13-10-18-20(14(13)17)12-4-2-11(3-5-12)15(21)19-6-8-24-9-7-19/h2-5,10H,6-9,17H2,1H3. The fourth-order valence-corrected chi connectivity index (χ4v) is 2.53. The molecular formula is C16H18N4O4. The summed E-state index contributed by atoms with van der Waals surface area (Å²) >= 11 is 0. The lowest BCUT2D eigenvalue weighted by Crippen LogP contribution is -2.40. The Morgan fingerprint density at radius 3 is 2.50 bits per heavy atom. The molecule has 0 aliphatic carbocycles. The molecule has 2 N–H and O–H groups in total. The highest BCUT2D eigenvalue weighted by Gasteiger charge is 2.19. The van der Waals surface area contributed by atoms with Crippen molar-refractivity contribution in [3.05, 3.63) is 41.6 Å². The van der Waals surface area contributed by atoms with E-state index in [1.165, 1.54) is 18.0 Å². The zero-order valence-electron chi connectivity index (χ0n) is 13.3. The number of ether oxygens (including phenoxy) is 2. The molecule has 8 heteroatoms. The van der Waals surface area contributed by atoms with Crippen LogP contribution in [-0.2, 0) is 9.47 Å². The Bertz CT molecular complexity index is 748. The van der Waals surface area contributed by atoms with Gasteiger partial charge in [0.15, 0.2) is 0 Å². The van der Waals surface area contributed by atoms with Gasteiger partial charge in [0.2, 0.25) is 0 Å². The van der Waals surface area contributed by atoms with Crippen molar-refractivity contribution in [1.82, 2.24) is 14.7 Å². The van der Waals surface area contributed by atoms with Gasteiger partial charge < -0.3 is 20.1 Å². The van der Waals surface area contributed by atoms with Gasteiger partial charge in [-0.2, -0.15) is 5.10 Å². The van der Waals surface area contributed by atoms with Crippen molar-refractivity contribution in [1.29, 1.82) is 0 Å². The molecule has 8 nitrogen and oxygen atoms in total. The van der Waals surface area contributed by atoms with Crippen molar-refractivity contribution in [2.24, 2.45) is 0 Å². The van der Waals surface area contributed by atoms with Crippen molar-refractivity contribution in [3.63, 3.8) is 0 Å². The number of nitrogens with two attached hydrogens (primary N) is 1. The Morgan fingerprint density at radius 2 is 1.88 bits per heavy atom. The number of carbonyl (C=O) groups is 2. The predicted molar refractivity (Wildman–Crippen MR) is 86.0 cm³/mol. The minimum atomic E-state index is -0.544. The molecule has 1 fully saturated rings. The first-order chi connectivity index (χ1) is 11.6. The van der Waals surface area contributed by atoms with Crippen LogP contribution in [0, 0.1) is 0 Å². The van der Waals surface area contributed by atoms with Crippen molar-refractivity contribution >= 4 is 17.7 Å². The van der Waals surface area contributed by atoms with Gasteiger partial charge in [-0.1, -0.05) is 0 Å². The number of carbonyl (C=O) groups excluding carboxylic acids is 2. The molecule has 0 unspecified atom stereocenters. The summed E-state index contributed by atoms with van der Waals surface area (Å²) in [4.78, 5) is 25.8. The molecule has 2 heterocycles. The van der Waals surface area contributed by atoms with Gasteiger partial charge in [0, 0.05) is 18.7 Å². The second kappa shape index (κ2) is 6.71. The number of hydrogen-bond acceptors (Lipinski definition) is 6. The maximum atomic E-state index is 12.4. The van der Waals surface area contributed by atoms with Crippen LogP contribution in [0.2, 0.25) is 0 Å². The Kier molecular flexibility index (Phi) is 4.48. The van der Waals surface area contributed by atoms with E-state index in [-0.39, 0.29) is 17.3 Å². The van der Waals surface area contributed by atoms with Crippen LogP contribution in [0.1, 0.15) is 20.7 Å². The lowest BCUT2D eigenvalue weighted by molar-refractivity contribution is 0.0303. The number of aromatic nitrogens is 2. The third kappa shape index (κ3) is 2.95. The smallest absolute Gasteiger partial charge is 0.343 e. The molecule has 1 saturated heterocycles. The van der Waals surface area contributed by atoms with Crippen molar-refractivity contribution < 1.29 is 19.1 Å². The Hall–Kier alpha value is -2.87. The minimum Gasteiger partial charge on any atom is -0.465 e. The van der Waals surface area contributed by atoms with E-state index in [1.54, 1.807) is 29.2 Å². The number of amides is 1. The Labute approximate surface area is 138 Å². The lowest BCUT2D eigenvalue weighted by atomic mass is 10.1. The number of anilines is 1. The minimum absolute atomic E-state index is 0.0338. The SMILES string of the molecule is COC(=O)c1cnn(-c2ccc(C(=O)N3CCOCC3)cc2)c1N. The molecule has 2 aromatic rings. The summed E-state index contributed by atoms with van der Waals surface area (Å²) in [6.07, 6.45) is 1.36. The van der Waals surface area contributed by atoms with Gasteiger partial charge in [-0.15, -0.1) is 0 Å². The van der Waals surface area contributed by atoms with E-state index in [1.807, 2.05) is 0 Å². The maximum Gasteiger partial charge on any atom is 0.343 e. The predicted octanol–water partition coefficient (Wildman–Crippen LogP) is 0.713. The highest BCUT2D eigenvalue weighted by Crippen LogP contribution is 2.19. The molecule has 0 atom stereocenters. The van der Waals surface area contributed by atoms with E-state index in [0.29, 0.717) is 37.6 Å². The van der Waals surface area contributed by atoms with E-state index in [0.717, 1.165) is 0 Å². The van der Waals surface area contributed by atoms with Crippen LogP contribution in [0.25, 0.3) is 5.69 Å². The van der Waals surface area contributed by atoms with Gasteiger partial charge in [0.05, 0.1) is 32.2 Å². The summed E-state index contributed by atoms with van der Waals surface area (Å²) in [7, 11) is 1.28. The molecular weight excluding hydrogens is 312 g/mol. The summed E-state index contributed by atoms with van der Waals surface area (Å²) < 4.78 is 11.3. The fourth-order valence-electron chi connectivity index (χ4n) is 2.53. The molecule has 1 aromatic carbocycles. The molecule has 1 aliphatic heterocycles. The molecule has 1 aliphatic rings. The van der Waals surface area contributed by atoms with Gasteiger partial charge in [-0.3, -0.25) is 4.79 Å². The largest absolute Gasteiger partial charge is 0.465 e. The van der Waals surface area contributed by atoms with Crippen molar-refractivity contribution in [2.75, 3.05) is 39.1 Å². The van der Waals surface area contributed by atoms with Gasteiger partial charge in [0.25, 0.3) is 5.91 Å². The van der Waals surface area contributed by atoms with E-state index in [9.17, 15) is 9.59 Å². The van der Waals surface area contributed by atoms with Gasteiger partial charge in [-0.05, 0) is 24.3 Å². The van der Waals surface area contributed by atoms with E-state index >= 15 is 0 Å². The summed E-state index contributed by atoms with van der Waals surface area (Å²) in [5.74, 6) is -0.388. The summed E-state index contributed by atoms with van der Waals surface area (Å²) in [6.45, 7) is 2.30. The van der Waals surface area contributed by atoms with Crippen LogP contribution in [0.15, 0.2) is 30.5 Å². The van der Waals surface area contributed by atoms with Crippen molar-refractivity contribution in [3.8, 4) is 5.69 Å². The van der Waals surface area contributed by atoms with E-state index < -0.39 is 5.97 Å². The van der Waals surface area contributed by atoms with Gasteiger partial charge in [-0.25, -0.2) is 9.48 Å². The third-order valence-corrected chi connectivity index (χ3v) is 3.87. The fraction of sp³-hybridized carbons (Fsp3) is 0.312. The van der Waals surface area contributed by atoms with Gasteiger partial charge >= 0.3 is 5.97 Å². The number of nitrogens with zero attached hydrogens (tertiary/aromatic N) is 3. The molecule has 0 spiro atoms. The molecule has 3 rings (SSSR count). The molecule has 24 heavy (non-hydrogen) atoms. The van der Waals surface area contributed by atoms with Crippen LogP contribution < -0.4 is 5.73 Å². The molecule has 0 radical (unpaired) electrons. The topological polar surface area (TPSA) is 99.7 Å². The number of hydrogen-bond donors (Lipinski definition) is 1. The monoisotopic (exact) mass is 330 g/mol. The van der Waals surface area contributed by atoms with E-state index in [2.05, 4.69) is 9.84 Å². The van der Waals surface area contributed by atoms with Gasteiger partial charge in [0.1, 0.15) is 11.4 Å². The maximum absolute atomic E-state index is 12.4. The molecule has 1 amide bonds.